The van der Waals surface area contributed by atoms with E-state index >= 15 is 0 Å². The van der Waals surface area contributed by atoms with E-state index in [1.807, 2.05) is 25.1 Å². The molecule has 6 heteroatoms. The second-order valence-corrected chi connectivity index (χ2v) is 7.24. The van der Waals surface area contributed by atoms with E-state index in [4.69, 9.17) is 6.42 Å². The Bertz CT molecular complexity index is 987. The number of rotatable bonds is 5. The summed E-state index contributed by atoms with van der Waals surface area (Å²) in [6.45, 7) is 5.96. The molecule has 4 rings (SSSR count). The lowest BCUT2D eigenvalue weighted by molar-refractivity contribution is 0.966. The van der Waals surface area contributed by atoms with Crippen LogP contribution in [0.25, 0.3) is 16.3 Å². The third kappa shape index (κ3) is 3.19. The number of allylic oxidation sites excluding steroid dienone is 1. The first-order chi connectivity index (χ1) is 12.1. The van der Waals surface area contributed by atoms with Crippen LogP contribution in [0.2, 0.25) is 0 Å². The molecule has 0 amide bonds. The summed E-state index contributed by atoms with van der Waals surface area (Å²) in [7, 11) is 0. The molecule has 0 radical (unpaired) electrons. The van der Waals surface area contributed by atoms with E-state index in [1.54, 1.807) is 17.5 Å². The van der Waals surface area contributed by atoms with Gasteiger partial charge < -0.3 is 5.32 Å². The monoisotopic (exact) mass is 347 g/mol. The van der Waals surface area contributed by atoms with Crippen LogP contribution in [0.1, 0.15) is 41.8 Å². The van der Waals surface area contributed by atoms with Gasteiger partial charge in [0.15, 0.2) is 17.5 Å². The lowest BCUT2D eigenvalue weighted by Gasteiger charge is -2.06. The Morgan fingerprint density at radius 3 is 2.96 bits per heavy atom. The summed E-state index contributed by atoms with van der Waals surface area (Å²) in [6, 6.07) is 6.05. The molecule has 0 bridgehead atoms. The van der Waals surface area contributed by atoms with Gasteiger partial charge in [-0.2, -0.15) is 5.10 Å². The Balaban J connectivity index is 1.65. The minimum Gasteiger partial charge on any atom is -0.322 e. The molecule has 1 saturated carbocycles. The summed E-state index contributed by atoms with van der Waals surface area (Å²) in [4.78, 5) is 11.1. The van der Waals surface area contributed by atoms with Crippen LogP contribution in [0.5, 0.6) is 0 Å². The number of aromatic nitrogens is 4. The van der Waals surface area contributed by atoms with Gasteiger partial charge in [0.1, 0.15) is 0 Å². The number of hydrogen-bond donors (Lipinski definition) is 2. The normalized spacial score (nSPS) is 13.4. The zero-order chi connectivity index (χ0) is 17.4. The average molecular weight is 347 g/mol. The van der Waals surface area contributed by atoms with E-state index in [9.17, 15) is 0 Å². The fourth-order valence-corrected chi connectivity index (χ4v) is 3.39. The molecule has 0 unspecified atom stereocenters. The smallest absolute Gasteiger partial charge is 0.171 e. The molecule has 2 N–H and O–H groups in total. The number of anilines is 2. The molecule has 3 aromatic heterocycles. The molecule has 0 spiro atoms. The Labute approximate surface area is 150 Å². The maximum absolute atomic E-state index is 5.59. The van der Waals surface area contributed by atoms with E-state index < -0.39 is 0 Å². The number of aromatic amines is 1. The highest BCUT2D eigenvalue weighted by Crippen LogP contribution is 2.39. The van der Waals surface area contributed by atoms with Crippen molar-refractivity contribution >= 4 is 28.5 Å². The molecule has 1 aliphatic rings. The molecule has 1 fully saturated rings. The van der Waals surface area contributed by atoms with Crippen LogP contribution in [0.4, 0.5) is 11.6 Å². The Hall–Kier alpha value is -2.91. The number of thiophene rings is 1. The van der Waals surface area contributed by atoms with Crippen molar-refractivity contribution in [1.29, 1.82) is 0 Å². The fraction of sp³-hybridized carbons (Fsp3) is 0.211. The highest BCUT2D eigenvalue weighted by atomic mass is 32.1. The molecule has 3 heterocycles. The lowest BCUT2D eigenvalue weighted by atomic mass is 10.3. The predicted octanol–water partition coefficient (Wildman–Crippen LogP) is 4.56. The number of nitrogens with zero attached hydrogens (tertiary/aromatic N) is 3. The van der Waals surface area contributed by atoms with Crippen LogP contribution >= 0.6 is 11.3 Å². The Kier molecular flexibility index (Phi) is 3.86. The molecule has 5 nitrogen and oxygen atoms in total. The van der Waals surface area contributed by atoms with Gasteiger partial charge in [0.2, 0.25) is 0 Å². The maximum Gasteiger partial charge on any atom is 0.171 e. The second kappa shape index (κ2) is 6.19. The molecule has 0 aliphatic heterocycles. The zero-order valence-corrected chi connectivity index (χ0v) is 14.7. The van der Waals surface area contributed by atoms with Crippen LogP contribution in [-0.4, -0.2) is 20.2 Å². The van der Waals surface area contributed by atoms with Crippen molar-refractivity contribution in [2.24, 2.45) is 0 Å². The minimum atomic E-state index is 0.589. The highest BCUT2D eigenvalue weighted by molar-refractivity contribution is 7.16. The van der Waals surface area contributed by atoms with Crippen LogP contribution in [0.15, 0.2) is 31.0 Å². The van der Waals surface area contributed by atoms with Gasteiger partial charge in [0.05, 0.1) is 10.4 Å². The summed E-state index contributed by atoms with van der Waals surface area (Å²) in [5.41, 5.74) is 2.79. The highest BCUT2D eigenvalue weighted by Gasteiger charge is 2.25. The van der Waals surface area contributed by atoms with Crippen LogP contribution < -0.4 is 5.32 Å². The Morgan fingerprint density at radius 2 is 2.28 bits per heavy atom. The first-order valence-electron chi connectivity index (χ1n) is 8.06. The molecule has 1 aliphatic carbocycles. The van der Waals surface area contributed by atoms with E-state index in [0.29, 0.717) is 23.1 Å². The topological polar surface area (TPSA) is 66.5 Å². The van der Waals surface area contributed by atoms with Gasteiger partial charge in [0.25, 0.3) is 0 Å². The van der Waals surface area contributed by atoms with Crippen molar-refractivity contribution < 1.29 is 0 Å². The minimum absolute atomic E-state index is 0.589. The largest absolute Gasteiger partial charge is 0.322 e. The number of terminal acetylenes is 1. The Morgan fingerprint density at radius 1 is 1.44 bits per heavy atom. The second-order valence-electron chi connectivity index (χ2n) is 6.15. The molecule has 124 valence electrons. The summed E-state index contributed by atoms with van der Waals surface area (Å²) in [5.74, 6) is 5.18. The summed E-state index contributed by atoms with van der Waals surface area (Å²) in [6.07, 6.45) is 9.70. The van der Waals surface area contributed by atoms with Crippen molar-refractivity contribution in [2.75, 3.05) is 5.32 Å². The quantitative estimate of drug-likeness (QED) is 0.664. The van der Waals surface area contributed by atoms with Gasteiger partial charge in [0, 0.05) is 28.8 Å². The van der Waals surface area contributed by atoms with Gasteiger partial charge in [-0.15, -0.1) is 17.8 Å². The van der Waals surface area contributed by atoms with E-state index in [1.165, 1.54) is 12.8 Å². The molecule has 25 heavy (non-hydrogen) atoms. The van der Waals surface area contributed by atoms with Crippen molar-refractivity contribution in [3.8, 4) is 23.0 Å². The molecule has 0 atom stereocenters. The standard InChI is InChI=1S/C19H17N5S/c1-4-12-10-20-19(16-8-7-15(25-16)11(2)3)22-18(12)21-17-9-14(23-24-17)13-5-6-13/h1,7-10,13H,2,5-6H2,3H3,(H2,20,21,22,23,24). The van der Waals surface area contributed by atoms with Gasteiger partial charge in [-0.05, 0) is 37.5 Å². The van der Waals surface area contributed by atoms with Crippen LogP contribution in [0, 0.1) is 12.3 Å². The van der Waals surface area contributed by atoms with E-state index in [2.05, 4.69) is 38.0 Å². The van der Waals surface area contributed by atoms with E-state index in [-0.39, 0.29) is 0 Å². The molecule has 0 aromatic carbocycles. The van der Waals surface area contributed by atoms with Gasteiger partial charge >= 0.3 is 0 Å². The van der Waals surface area contributed by atoms with Crippen molar-refractivity contribution in [3.63, 3.8) is 0 Å². The average Bonchev–Trinajstić information content (AvgIpc) is 3.15. The number of nitrogens with one attached hydrogen (secondary N) is 2. The SMILES string of the molecule is C#Cc1cnc(-c2ccc(C(=C)C)s2)nc1Nc1cc(C2CC2)[nH]n1. The molecular weight excluding hydrogens is 330 g/mol. The summed E-state index contributed by atoms with van der Waals surface area (Å²) in [5, 5.41) is 10.6. The van der Waals surface area contributed by atoms with Crippen LogP contribution in [-0.2, 0) is 0 Å². The molecular formula is C19H17N5S. The first-order valence-corrected chi connectivity index (χ1v) is 8.88. The van der Waals surface area contributed by atoms with Crippen molar-refractivity contribution in [3.05, 3.63) is 47.1 Å². The summed E-state index contributed by atoms with van der Waals surface area (Å²) >= 11 is 1.61. The van der Waals surface area contributed by atoms with Gasteiger partial charge in [-0.3, -0.25) is 5.10 Å². The van der Waals surface area contributed by atoms with Crippen molar-refractivity contribution in [2.45, 2.75) is 25.7 Å². The molecule has 3 aromatic rings. The zero-order valence-electron chi connectivity index (χ0n) is 13.8. The third-order valence-corrected chi connectivity index (χ3v) is 5.30. The number of H-pyrrole nitrogens is 1. The molecule has 0 saturated heterocycles. The van der Waals surface area contributed by atoms with Gasteiger partial charge in [-0.1, -0.05) is 12.5 Å². The number of hydrogen-bond acceptors (Lipinski definition) is 5. The van der Waals surface area contributed by atoms with Crippen molar-refractivity contribution in [1.82, 2.24) is 20.2 Å². The van der Waals surface area contributed by atoms with E-state index in [0.717, 1.165) is 26.8 Å². The maximum atomic E-state index is 5.59. The first kappa shape index (κ1) is 15.6. The van der Waals surface area contributed by atoms with Crippen LogP contribution in [0.3, 0.4) is 0 Å². The summed E-state index contributed by atoms with van der Waals surface area (Å²) < 4.78 is 0. The third-order valence-electron chi connectivity index (χ3n) is 4.05. The van der Waals surface area contributed by atoms with Gasteiger partial charge in [-0.25, -0.2) is 9.97 Å². The lowest BCUT2D eigenvalue weighted by Crippen LogP contribution is -2.00. The predicted molar refractivity (Wildman–Crippen MR) is 102 cm³/mol. The fourth-order valence-electron chi connectivity index (χ4n) is 2.51.